The minimum atomic E-state index is -3.62. The number of nitrogens with zero attached hydrogens (tertiary/aromatic N) is 1. The number of carbonyl (C=O) groups is 2. The van der Waals surface area contributed by atoms with E-state index in [0.717, 1.165) is 27.7 Å². The van der Waals surface area contributed by atoms with E-state index in [4.69, 9.17) is 4.74 Å². The molecule has 7 nitrogen and oxygen atoms in total. The predicted molar refractivity (Wildman–Crippen MR) is 130 cm³/mol. The fraction of sp³-hybridized carbons (Fsp3) is 0.385. The fourth-order valence-corrected chi connectivity index (χ4v) is 6.03. The molecule has 1 aliphatic rings. The van der Waals surface area contributed by atoms with E-state index in [0.29, 0.717) is 18.4 Å². The first-order chi connectivity index (χ1) is 16.1. The standard InChI is InChI=1S/C26H30N2O5S/c1-16-9-10-21(15-17(16)2)34(31,32)28-13-11-20(12-14-28)26(30)33-19(4)25(29)24-18(3)27-23-8-6-5-7-22(23)24/h5-10,15,19-20,27H,11-14H2,1-4H3. The molecule has 1 fully saturated rings. The number of hydrogen-bond donors (Lipinski definition) is 1. The lowest BCUT2D eigenvalue weighted by Gasteiger charge is -2.30. The second-order valence-corrected chi connectivity index (χ2v) is 11.0. The number of sulfonamides is 1. The zero-order valence-corrected chi connectivity index (χ0v) is 20.7. The van der Waals surface area contributed by atoms with Crippen LogP contribution < -0.4 is 0 Å². The van der Waals surface area contributed by atoms with Gasteiger partial charge < -0.3 is 9.72 Å². The van der Waals surface area contributed by atoms with E-state index in [1.807, 2.05) is 45.0 Å². The summed E-state index contributed by atoms with van der Waals surface area (Å²) < 4.78 is 33.0. The number of carbonyl (C=O) groups excluding carboxylic acids is 2. The number of esters is 1. The van der Waals surface area contributed by atoms with Crippen molar-refractivity contribution < 1.29 is 22.7 Å². The Morgan fingerprint density at radius 3 is 2.38 bits per heavy atom. The van der Waals surface area contributed by atoms with Crippen LogP contribution in [0.1, 0.15) is 46.9 Å². The Balaban J connectivity index is 1.39. The van der Waals surface area contributed by atoms with Crippen molar-refractivity contribution in [3.63, 3.8) is 0 Å². The Morgan fingerprint density at radius 1 is 1.03 bits per heavy atom. The Bertz CT molecular complexity index is 1350. The quantitative estimate of drug-likeness (QED) is 0.417. The number of H-pyrrole nitrogens is 1. The van der Waals surface area contributed by atoms with E-state index in [1.54, 1.807) is 25.1 Å². The number of aromatic nitrogens is 1. The molecule has 1 aromatic heterocycles. The maximum absolute atomic E-state index is 13.1. The van der Waals surface area contributed by atoms with E-state index in [2.05, 4.69) is 4.98 Å². The highest BCUT2D eigenvalue weighted by atomic mass is 32.2. The van der Waals surface area contributed by atoms with E-state index >= 15 is 0 Å². The van der Waals surface area contributed by atoms with Crippen LogP contribution in [-0.2, 0) is 19.6 Å². The molecule has 3 aromatic rings. The first-order valence-electron chi connectivity index (χ1n) is 11.5. The molecule has 0 spiro atoms. The summed E-state index contributed by atoms with van der Waals surface area (Å²) in [5, 5.41) is 0.803. The number of benzene rings is 2. The van der Waals surface area contributed by atoms with Gasteiger partial charge in [-0.1, -0.05) is 24.3 Å². The summed E-state index contributed by atoms with van der Waals surface area (Å²) in [4.78, 5) is 29.3. The van der Waals surface area contributed by atoms with E-state index in [-0.39, 0.29) is 23.8 Å². The maximum Gasteiger partial charge on any atom is 0.309 e. The molecule has 0 aliphatic carbocycles. The molecular weight excluding hydrogens is 452 g/mol. The minimum Gasteiger partial charge on any atom is -0.454 e. The Labute approximate surface area is 200 Å². The highest BCUT2D eigenvalue weighted by Gasteiger charge is 2.34. The number of fused-ring (bicyclic) bond motifs is 1. The van der Waals surface area contributed by atoms with Crippen LogP contribution in [-0.4, -0.2) is 48.7 Å². The molecule has 0 radical (unpaired) electrons. The number of piperidine rings is 1. The van der Waals surface area contributed by atoms with Crippen molar-refractivity contribution >= 4 is 32.7 Å². The van der Waals surface area contributed by atoms with Gasteiger partial charge in [0.2, 0.25) is 15.8 Å². The average molecular weight is 483 g/mol. The molecule has 0 amide bonds. The summed E-state index contributed by atoms with van der Waals surface area (Å²) in [7, 11) is -3.62. The summed E-state index contributed by atoms with van der Waals surface area (Å²) >= 11 is 0. The van der Waals surface area contributed by atoms with Crippen LogP contribution in [0.3, 0.4) is 0 Å². The van der Waals surface area contributed by atoms with Crippen LogP contribution in [0.2, 0.25) is 0 Å². The Hall–Kier alpha value is -2.97. The minimum absolute atomic E-state index is 0.235. The lowest BCUT2D eigenvalue weighted by atomic mass is 9.98. The molecule has 34 heavy (non-hydrogen) atoms. The van der Waals surface area contributed by atoms with Gasteiger partial charge in [0, 0.05) is 35.2 Å². The van der Waals surface area contributed by atoms with Gasteiger partial charge in [0.15, 0.2) is 6.10 Å². The molecule has 1 N–H and O–H groups in total. The third-order valence-corrected chi connectivity index (χ3v) is 8.60. The number of aromatic amines is 1. The molecule has 1 unspecified atom stereocenters. The van der Waals surface area contributed by atoms with Crippen molar-refractivity contribution in [1.29, 1.82) is 0 Å². The largest absolute Gasteiger partial charge is 0.454 e. The summed E-state index contributed by atoms with van der Waals surface area (Å²) in [6, 6.07) is 12.6. The Kier molecular flexibility index (Phi) is 6.64. The molecule has 180 valence electrons. The van der Waals surface area contributed by atoms with Crippen molar-refractivity contribution in [3.8, 4) is 0 Å². The van der Waals surface area contributed by atoms with E-state index in [9.17, 15) is 18.0 Å². The summed E-state index contributed by atoms with van der Waals surface area (Å²) in [6.07, 6.45) is -0.214. The normalized spacial score (nSPS) is 16.5. The monoisotopic (exact) mass is 482 g/mol. The van der Waals surface area contributed by atoms with Gasteiger partial charge in [-0.05, 0) is 69.9 Å². The van der Waals surface area contributed by atoms with Crippen LogP contribution in [0.25, 0.3) is 10.9 Å². The van der Waals surface area contributed by atoms with Crippen molar-refractivity contribution in [2.24, 2.45) is 5.92 Å². The van der Waals surface area contributed by atoms with Crippen LogP contribution in [0.5, 0.6) is 0 Å². The SMILES string of the molecule is Cc1ccc(S(=O)(=O)N2CCC(C(=O)OC(C)C(=O)c3c(C)[nH]c4ccccc34)CC2)cc1C. The zero-order valence-electron chi connectivity index (χ0n) is 19.9. The fourth-order valence-electron chi connectivity index (χ4n) is 4.48. The number of rotatable bonds is 6. The lowest BCUT2D eigenvalue weighted by molar-refractivity contribution is -0.152. The number of Topliss-reactive ketones (excluding diaryl/α,β-unsaturated/α-hetero) is 1. The molecule has 0 saturated carbocycles. The van der Waals surface area contributed by atoms with Crippen LogP contribution in [0.4, 0.5) is 0 Å². The molecule has 4 rings (SSSR count). The van der Waals surface area contributed by atoms with Gasteiger partial charge in [-0.25, -0.2) is 8.42 Å². The summed E-state index contributed by atoms with van der Waals surface area (Å²) in [5.74, 6) is -1.15. The second-order valence-electron chi connectivity index (χ2n) is 9.04. The van der Waals surface area contributed by atoms with Gasteiger partial charge in [0.1, 0.15) is 0 Å². The second kappa shape index (κ2) is 9.35. The number of aryl methyl sites for hydroxylation is 3. The van der Waals surface area contributed by atoms with Gasteiger partial charge in [0.05, 0.1) is 10.8 Å². The zero-order chi connectivity index (χ0) is 24.6. The molecule has 1 atom stereocenters. The number of ether oxygens (including phenoxy) is 1. The van der Waals surface area contributed by atoms with Gasteiger partial charge in [-0.3, -0.25) is 9.59 Å². The molecule has 1 aliphatic heterocycles. The van der Waals surface area contributed by atoms with Gasteiger partial charge in [-0.2, -0.15) is 4.31 Å². The number of hydrogen-bond acceptors (Lipinski definition) is 5. The van der Waals surface area contributed by atoms with Crippen LogP contribution in [0, 0.1) is 26.7 Å². The maximum atomic E-state index is 13.1. The lowest BCUT2D eigenvalue weighted by Crippen LogP contribution is -2.41. The van der Waals surface area contributed by atoms with E-state index in [1.165, 1.54) is 4.31 Å². The predicted octanol–water partition coefficient (Wildman–Crippen LogP) is 4.31. The molecule has 1 saturated heterocycles. The highest BCUT2D eigenvalue weighted by molar-refractivity contribution is 7.89. The molecule has 2 heterocycles. The smallest absolute Gasteiger partial charge is 0.309 e. The van der Waals surface area contributed by atoms with E-state index < -0.39 is 28.0 Å². The average Bonchev–Trinajstić information content (AvgIpc) is 3.15. The third-order valence-electron chi connectivity index (χ3n) is 6.71. The van der Waals surface area contributed by atoms with Gasteiger partial charge >= 0.3 is 5.97 Å². The molecule has 2 aromatic carbocycles. The van der Waals surface area contributed by atoms with Crippen molar-refractivity contribution in [2.45, 2.75) is 51.5 Å². The van der Waals surface area contributed by atoms with Gasteiger partial charge in [0.25, 0.3) is 0 Å². The van der Waals surface area contributed by atoms with Gasteiger partial charge in [-0.15, -0.1) is 0 Å². The van der Waals surface area contributed by atoms with Crippen molar-refractivity contribution in [3.05, 3.63) is 64.8 Å². The van der Waals surface area contributed by atoms with Crippen molar-refractivity contribution in [2.75, 3.05) is 13.1 Å². The molecular formula is C26H30N2O5S. The molecule has 0 bridgehead atoms. The number of ketones is 1. The molecule has 8 heteroatoms. The summed E-state index contributed by atoms with van der Waals surface area (Å²) in [5.41, 5.74) is 4.08. The topological polar surface area (TPSA) is 96.5 Å². The summed E-state index contributed by atoms with van der Waals surface area (Å²) in [6.45, 7) is 7.71. The highest BCUT2D eigenvalue weighted by Crippen LogP contribution is 2.27. The number of nitrogens with one attached hydrogen (secondary N) is 1. The number of para-hydroxylation sites is 1. The van der Waals surface area contributed by atoms with Crippen LogP contribution >= 0.6 is 0 Å². The Morgan fingerprint density at radius 2 is 1.71 bits per heavy atom. The van der Waals surface area contributed by atoms with Crippen molar-refractivity contribution in [1.82, 2.24) is 9.29 Å². The third kappa shape index (κ3) is 4.52. The van der Waals surface area contributed by atoms with Crippen LogP contribution in [0.15, 0.2) is 47.4 Å². The first-order valence-corrected chi connectivity index (χ1v) is 12.9. The first kappa shape index (κ1) is 24.2.